The van der Waals surface area contributed by atoms with E-state index >= 15 is 0 Å². The van der Waals surface area contributed by atoms with Crippen molar-refractivity contribution in [2.45, 2.75) is 26.8 Å². The Bertz CT molecular complexity index is 685. The van der Waals surface area contributed by atoms with E-state index in [0.29, 0.717) is 29.0 Å². The third-order valence-corrected chi connectivity index (χ3v) is 3.92. The molecule has 2 heterocycles. The number of thiocarbonyl (C=S) groups is 1. The van der Waals surface area contributed by atoms with Crippen LogP contribution >= 0.6 is 12.2 Å². The van der Waals surface area contributed by atoms with Crippen molar-refractivity contribution in [3.05, 3.63) is 22.9 Å². The second-order valence-corrected chi connectivity index (χ2v) is 5.69. The maximum Gasteiger partial charge on any atom is 0.264 e. The summed E-state index contributed by atoms with van der Waals surface area (Å²) in [5.74, 6) is 0. The number of aromatic nitrogens is 4. The van der Waals surface area contributed by atoms with Gasteiger partial charge in [-0.1, -0.05) is 26.1 Å². The van der Waals surface area contributed by atoms with Gasteiger partial charge in [-0.05, 0) is 6.42 Å². The van der Waals surface area contributed by atoms with Gasteiger partial charge in [-0.2, -0.15) is 5.10 Å². The molecule has 2 aromatic heterocycles. The van der Waals surface area contributed by atoms with E-state index in [2.05, 4.69) is 10.1 Å². The van der Waals surface area contributed by atoms with Crippen molar-refractivity contribution in [3.63, 3.8) is 0 Å². The summed E-state index contributed by atoms with van der Waals surface area (Å²) in [5, 5.41) is 4.56. The van der Waals surface area contributed by atoms with Crippen LogP contribution in [-0.4, -0.2) is 24.3 Å². The molecule has 0 unspecified atom stereocenters. The quantitative estimate of drug-likeness (QED) is 0.839. The first kappa shape index (κ1) is 13.7. The summed E-state index contributed by atoms with van der Waals surface area (Å²) in [6, 6.07) is 0. The average molecular weight is 279 g/mol. The van der Waals surface area contributed by atoms with Gasteiger partial charge in [0.1, 0.15) is 5.39 Å². The van der Waals surface area contributed by atoms with Crippen LogP contribution in [0.25, 0.3) is 11.0 Å². The Kier molecular flexibility index (Phi) is 3.40. The first-order valence-electron chi connectivity index (χ1n) is 6.00. The lowest BCUT2D eigenvalue weighted by molar-refractivity contribution is 0.429. The number of rotatable bonds is 4. The van der Waals surface area contributed by atoms with E-state index in [-0.39, 0.29) is 11.0 Å². The van der Waals surface area contributed by atoms with Gasteiger partial charge in [0.25, 0.3) is 5.56 Å². The van der Waals surface area contributed by atoms with Crippen LogP contribution in [0, 0.1) is 5.41 Å². The van der Waals surface area contributed by atoms with E-state index in [1.807, 2.05) is 13.8 Å². The van der Waals surface area contributed by atoms with Crippen LogP contribution in [0.3, 0.4) is 0 Å². The van der Waals surface area contributed by atoms with Gasteiger partial charge in [-0.25, -0.2) is 4.98 Å². The zero-order valence-electron chi connectivity index (χ0n) is 11.3. The summed E-state index contributed by atoms with van der Waals surface area (Å²) in [6.07, 6.45) is 3.78. The lowest BCUT2D eigenvalue weighted by Crippen LogP contribution is -2.32. The molecule has 7 heteroatoms. The van der Waals surface area contributed by atoms with E-state index in [4.69, 9.17) is 18.0 Å². The summed E-state index contributed by atoms with van der Waals surface area (Å²) in [5.41, 5.74) is 5.91. The average Bonchev–Trinajstić information content (AvgIpc) is 2.71. The highest BCUT2D eigenvalue weighted by Crippen LogP contribution is 2.21. The first-order chi connectivity index (χ1) is 8.83. The number of nitrogens with two attached hydrogens (primary N) is 1. The molecular weight excluding hydrogens is 262 g/mol. The second kappa shape index (κ2) is 4.73. The van der Waals surface area contributed by atoms with Crippen LogP contribution in [0.15, 0.2) is 17.3 Å². The monoisotopic (exact) mass is 279 g/mol. The van der Waals surface area contributed by atoms with E-state index in [1.54, 1.807) is 28.8 Å². The molecule has 0 amide bonds. The molecule has 6 nitrogen and oxygen atoms in total. The molecule has 0 spiro atoms. The van der Waals surface area contributed by atoms with E-state index in [1.165, 1.54) is 0 Å². The van der Waals surface area contributed by atoms with Gasteiger partial charge < -0.3 is 5.73 Å². The van der Waals surface area contributed by atoms with Crippen LogP contribution in [-0.2, 0) is 13.6 Å². The summed E-state index contributed by atoms with van der Waals surface area (Å²) >= 11 is 5.02. The molecule has 0 atom stereocenters. The Labute approximate surface area is 116 Å². The molecule has 0 bridgehead atoms. The fraction of sp³-hybridized carbons (Fsp3) is 0.500. The summed E-state index contributed by atoms with van der Waals surface area (Å²) in [4.78, 5) is 16.9. The molecule has 0 aliphatic carbocycles. The molecule has 2 N–H and O–H groups in total. The van der Waals surface area contributed by atoms with Gasteiger partial charge in [-0.15, -0.1) is 0 Å². The third kappa shape index (κ3) is 2.51. The van der Waals surface area contributed by atoms with Crippen LogP contribution in [0.5, 0.6) is 0 Å². The highest BCUT2D eigenvalue weighted by atomic mass is 32.1. The molecule has 0 saturated heterocycles. The van der Waals surface area contributed by atoms with Crippen molar-refractivity contribution in [2.24, 2.45) is 18.2 Å². The second-order valence-electron chi connectivity index (χ2n) is 5.25. The molecule has 0 aliphatic heterocycles. The molecule has 0 fully saturated rings. The highest BCUT2D eigenvalue weighted by molar-refractivity contribution is 7.80. The Morgan fingerprint density at radius 3 is 2.84 bits per heavy atom. The van der Waals surface area contributed by atoms with Crippen LogP contribution < -0.4 is 11.3 Å². The predicted molar refractivity (Wildman–Crippen MR) is 78.0 cm³/mol. The number of nitrogens with zero attached hydrogens (tertiary/aromatic N) is 4. The molecule has 0 saturated carbocycles. The van der Waals surface area contributed by atoms with Gasteiger partial charge >= 0.3 is 0 Å². The van der Waals surface area contributed by atoms with Gasteiger partial charge in [0, 0.05) is 19.0 Å². The van der Waals surface area contributed by atoms with Gasteiger partial charge in [-0.3, -0.25) is 14.0 Å². The van der Waals surface area contributed by atoms with Gasteiger partial charge in [0.15, 0.2) is 5.65 Å². The number of hydrogen-bond acceptors (Lipinski definition) is 4. The highest BCUT2D eigenvalue weighted by Gasteiger charge is 2.21. The smallest absolute Gasteiger partial charge is 0.264 e. The molecule has 0 radical (unpaired) electrons. The third-order valence-electron chi connectivity index (χ3n) is 3.36. The zero-order chi connectivity index (χ0) is 14.2. The molecule has 2 aromatic rings. The molecule has 102 valence electrons. The van der Waals surface area contributed by atoms with Gasteiger partial charge in [0.2, 0.25) is 0 Å². The Morgan fingerprint density at radius 1 is 1.53 bits per heavy atom. The van der Waals surface area contributed by atoms with Crippen molar-refractivity contribution < 1.29 is 0 Å². The minimum absolute atomic E-state index is 0.0863. The summed E-state index contributed by atoms with van der Waals surface area (Å²) in [7, 11) is 1.76. The van der Waals surface area contributed by atoms with Crippen molar-refractivity contribution >= 4 is 28.2 Å². The predicted octanol–water partition coefficient (Wildman–Crippen LogP) is 0.832. The molecule has 0 aliphatic rings. The van der Waals surface area contributed by atoms with E-state index in [9.17, 15) is 4.79 Å². The standard InChI is InChI=1S/C12H17N5OS/c1-12(2,11(13)19)4-5-17-7-14-9-8(10(17)18)6-15-16(9)3/h6-7H,4-5H2,1-3H3,(H2,13,19). The minimum Gasteiger partial charge on any atom is -0.393 e. The molecule has 0 aromatic carbocycles. The number of fused-ring (bicyclic) bond motifs is 1. The first-order valence-corrected chi connectivity index (χ1v) is 6.41. The van der Waals surface area contributed by atoms with Crippen molar-refractivity contribution in [1.29, 1.82) is 0 Å². The van der Waals surface area contributed by atoms with Crippen molar-refractivity contribution in [2.75, 3.05) is 0 Å². The van der Waals surface area contributed by atoms with Crippen LogP contribution in [0.1, 0.15) is 20.3 Å². The largest absolute Gasteiger partial charge is 0.393 e. The SMILES string of the molecule is Cn1ncc2c(=O)n(CCC(C)(C)C(N)=S)cnc21. The van der Waals surface area contributed by atoms with Crippen LogP contribution in [0.4, 0.5) is 0 Å². The lowest BCUT2D eigenvalue weighted by Gasteiger charge is -2.23. The van der Waals surface area contributed by atoms with Crippen molar-refractivity contribution in [1.82, 2.24) is 19.3 Å². The number of hydrogen-bond donors (Lipinski definition) is 1. The maximum atomic E-state index is 12.2. The maximum absolute atomic E-state index is 12.2. The minimum atomic E-state index is -0.279. The Morgan fingerprint density at radius 2 is 2.21 bits per heavy atom. The van der Waals surface area contributed by atoms with E-state index in [0.717, 1.165) is 0 Å². The van der Waals surface area contributed by atoms with Crippen molar-refractivity contribution in [3.8, 4) is 0 Å². The fourth-order valence-corrected chi connectivity index (χ4v) is 1.85. The topological polar surface area (TPSA) is 78.7 Å². The van der Waals surface area contributed by atoms with E-state index < -0.39 is 0 Å². The normalized spacial score (nSPS) is 11.9. The summed E-state index contributed by atoms with van der Waals surface area (Å²) < 4.78 is 3.16. The molecule has 19 heavy (non-hydrogen) atoms. The Hall–Kier alpha value is -1.76. The Balaban J connectivity index is 2.30. The fourth-order valence-electron chi connectivity index (χ4n) is 1.75. The summed E-state index contributed by atoms with van der Waals surface area (Å²) in [6.45, 7) is 4.47. The lowest BCUT2D eigenvalue weighted by atomic mass is 9.89. The number of aryl methyl sites for hydroxylation is 2. The molecule has 2 rings (SSSR count). The molecular formula is C12H17N5OS. The van der Waals surface area contributed by atoms with Crippen LogP contribution in [0.2, 0.25) is 0 Å². The zero-order valence-corrected chi connectivity index (χ0v) is 12.1. The van der Waals surface area contributed by atoms with Gasteiger partial charge in [0.05, 0.1) is 17.5 Å².